The minimum atomic E-state index is -0.899. The van der Waals surface area contributed by atoms with Crippen LogP contribution in [0, 0.1) is 0 Å². The van der Waals surface area contributed by atoms with Crippen LogP contribution in [0.25, 0.3) is 0 Å². The number of nitrogens with zero attached hydrogens (tertiary/aromatic N) is 1. The first kappa shape index (κ1) is 14.4. The molecule has 3 rings (SSSR count). The number of carboxylic acids is 1. The molecule has 0 spiro atoms. The topological polar surface area (TPSA) is 57.6 Å². The van der Waals surface area contributed by atoms with E-state index in [9.17, 15) is 14.7 Å². The van der Waals surface area contributed by atoms with E-state index in [0.717, 1.165) is 24.8 Å². The van der Waals surface area contributed by atoms with Crippen molar-refractivity contribution in [3.8, 4) is 0 Å². The Hall–Kier alpha value is -1.49. The number of carbonyl (C=O) groups excluding carboxylic acids is 1. The molecule has 2 aliphatic rings. The summed E-state index contributed by atoms with van der Waals surface area (Å²) < 4.78 is 0. The van der Waals surface area contributed by atoms with Gasteiger partial charge in [-0.1, -0.05) is 24.3 Å². The summed E-state index contributed by atoms with van der Waals surface area (Å²) in [4.78, 5) is 25.9. The van der Waals surface area contributed by atoms with Crippen LogP contribution in [-0.4, -0.2) is 39.1 Å². The molecule has 3 unspecified atom stereocenters. The first-order valence-electron chi connectivity index (χ1n) is 7.34. The lowest BCUT2D eigenvalue weighted by molar-refractivity contribution is -0.149. The van der Waals surface area contributed by atoms with Gasteiger partial charge in [-0.3, -0.25) is 4.79 Å². The number of thioether (sulfide) groups is 1. The highest BCUT2D eigenvalue weighted by Gasteiger charge is 2.42. The predicted octanol–water partition coefficient (Wildman–Crippen LogP) is 2.48. The van der Waals surface area contributed by atoms with Crippen molar-refractivity contribution in [1.82, 2.24) is 4.90 Å². The van der Waals surface area contributed by atoms with Crippen molar-refractivity contribution in [3.63, 3.8) is 0 Å². The van der Waals surface area contributed by atoms with Crippen LogP contribution >= 0.6 is 11.8 Å². The summed E-state index contributed by atoms with van der Waals surface area (Å²) in [5.41, 5.74) is 2.32. The Labute approximate surface area is 128 Å². The summed E-state index contributed by atoms with van der Waals surface area (Å²) in [6, 6.07) is 7.36. The molecule has 1 aliphatic heterocycles. The number of aryl methyl sites for hydroxylation is 1. The summed E-state index contributed by atoms with van der Waals surface area (Å²) in [6.07, 6.45) is 2.81. The van der Waals surface area contributed by atoms with Crippen LogP contribution in [-0.2, 0) is 16.0 Å². The summed E-state index contributed by atoms with van der Waals surface area (Å²) in [5.74, 6) is -0.620. The lowest BCUT2D eigenvalue weighted by atomic mass is 9.82. The Morgan fingerprint density at radius 3 is 2.86 bits per heavy atom. The van der Waals surface area contributed by atoms with Gasteiger partial charge in [0.25, 0.3) is 0 Å². The molecule has 21 heavy (non-hydrogen) atoms. The molecule has 4 nitrogen and oxygen atoms in total. The van der Waals surface area contributed by atoms with E-state index in [1.165, 1.54) is 17.3 Å². The maximum Gasteiger partial charge on any atom is 0.327 e. The Morgan fingerprint density at radius 2 is 2.10 bits per heavy atom. The number of benzene rings is 1. The van der Waals surface area contributed by atoms with Gasteiger partial charge in [0.1, 0.15) is 6.04 Å². The number of hydrogen-bond donors (Lipinski definition) is 1. The van der Waals surface area contributed by atoms with Crippen LogP contribution in [0.1, 0.15) is 36.8 Å². The van der Waals surface area contributed by atoms with Gasteiger partial charge < -0.3 is 10.0 Å². The minimum Gasteiger partial charge on any atom is -0.480 e. The zero-order chi connectivity index (χ0) is 15.0. The minimum absolute atomic E-state index is 0.0212. The maximum absolute atomic E-state index is 12.9. The molecule has 1 aromatic rings. The van der Waals surface area contributed by atoms with Gasteiger partial charge in [-0.15, -0.1) is 11.8 Å². The Bertz CT molecular complexity index is 574. The SMILES string of the molecule is CC1SCC(C(=O)O)N1C(=O)C1CCCc2ccccc21. The Morgan fingerprint density at radius 1 is 1.33 bits per heavy atom. The molecule has 112 valence electrons. The van der Waals surface area contributed by atoms with E-state index in [4.69, 9.17) is 0 Å². The van der Waals surface area contributed by atoms with Crippen LogP contribution in [0.3, 0.4) is 0 Å². The van der Waals surface area contributed by atoms with Gasteiger partial charge in [0, 0.05) is 5.75 Å². The lowest BCUT2D eigenvalue weighted by Crippen LogP contribution is -2.47. The van der Waals surface area contributed by atoms with Gasteiger partial charge in [-0.2, -0.15) is 0 Å². The van der Waals surface area contributed by atoms with Crippen molar-refractivity contribution >= 4 is 23.6 Å². The molecule has 1 N–H and O–H groups in total. The number of fused-ring (bicyclic) bond motifs is 1. The number of rotatable bonds is 2. The molecular weight excluding hydrogens is 286 g/mol. The number of amides is 1. The van der Waals surface area contributed by atoms with Crippen molar-refractivity contribution in [2.45, 2.75) is 43.5 Å². The number of aliphatic carboxylic acids is 1. The van der Waals surface area contributed by atoms with Crippen molar-refractivity contribution in [2.75, 3.05) is 5.75 Å². The molecule has 0 aromatic heterocycles. The zero-order valence-electron chi connectivity index (χ0n) is 12.0. The molecule has 1 amide bonds. The highest BCUT2D eigenvalue weighted by molar-refractivity contribution is 8.00. The normalized spacial score (nSPS) is 28.2. The van der Waals surface area contributed by atoms with Crippen LogP contribution in [0.2, 0.25) is 0 Å². The molecule has 0 saturated carbocycles. The third-order valence-corrected chi connectivity index (χ3v) is 5.65. The van der Waals surface area contributed by atoms with E-state index >= 15 is 0 Å². The van der Waals surface area contributed by atoms with Crippen molar-refractivity contribution in [1.29, 1.82) is 0 Å². The van der Waals surface area contributed by atoms with Crippen LogP contribution < -0.4 is 0 Å². The van der Waals surface area contributed by atoms with Crippen LogP contribution in [0.15, 0.2) is 24.3 Å². The zero-order valence-corrected chi connectivity index (χ0v) is 12.8. The molecule has 3 atom stereocenters. The highest BCUT2D eigenvalue weighted by Crippen LogP contribution is 2.37. The summed E-state index contributed by atoms with van der Waals surface area (Å²) >= 11 is 1.54. The van der Waals surface area contributed by atoms with Crippen molar-refractivity contribution in [3.05, 3.63) is 35.4 Å². The smallest absolute Gasteiger partial charge is 0.327 e. The van der Waals surface area contributed by atoms with E-state index in [2.05, 4.69) is 6.07 Å². The first-order valence-corrected chi connectivity index (χ1v) is 8.39. The number of hydrogen-bond acceptors (Lipinski definition) is 3. The fourth-order valence-electron chi connectivity index (χ4n) is 3.36. The van der Waals surface area contributed by atoms with E-state index in [1.54, 1.807) is 4.90 Å². The summed E-state index contributed by atoms with van der Waals surface area (Å²) in [6.45, 7) is 1.92. The maximum atomic E-state index is 12.9. The Balaban J connectivity index is 1.90. The van der Waals surface area contributed by atoms with E-state index in [0.29, 0.717) is 5.75 Å². The fraction of sp³-hybridized carbons (Fsp3) is 0.500. The number of carboxylic acid groups (broad SMARTS) is 1. The highest BCUT2D eigenvalue weighted by atomic mass is 32.2. The molecule has 5 heteroatoms. The number of carbonyl (C=O) groups is 2. The Kier molecular flexibility index (Phi) is 3.93. The lowest BCUT2D eigenvalue weighted by Gasteiger charge is -2.32. The summed E-state index contributed by atoms with van der Waals surface area (Å²) in [7, 11) is 0. The largest absolute Gasteiger partial charge is 0.480 e. The van der Waals surface area contributed by atoms with Gasteiger partial charge in [0.2, 0.25) is 5.91 Å². The molecule has 1 saturated heterocycles. The van der Waals surface area contributed by atoms with Gasteiger partial charge in [0.05, 0.1) is 11.3 Å². The van der Waals surface area contributed by atoms with Crippen molar-refractivity contribution < 1.29 is 14.7 Å². The third-order valence-electron chi connectivity index (χ3n) is 4.43. The quantitative estimate of drug-likeness (QED) is 0.912. The van der Waals surface area contributed by atoms with Crippen LogP contribution in [0.5, 0.6) is 0 Å². The van der Waals surface area contributed by atoms with Crippen LogP contribution in [0.4, 0.5) is 0 Å². The average Bonchev–Trinajstić information content (AvgIpc) is 2.88. The predicted molar refractivity (Wildman–Crippen MR) is 82.3 cm³/mol. The third kappa shape index (κ3) is 2.55. The first-order chi connectivity index (χ1) is 10.1. The van der Waals surface area contributed by atoms with Crippen molar-refractivity contribution in [2.24, 2.45) is 0 Å². The summed E-state index contributed by atoms with van der Waals surface area (Å²) in [5, 5.41) is 9.27. The molecule has 1 aliphatic carbocycles. The molecule has 0 bridgehead atoms. The molecule has 1 fully saturated rings. The van der Waals surface area contributed by atoms with Gasteiger partial charge in [0.15, 0.2) is 0 Å². The average molecular weight is 305 g/mol. The van der Waals surface area contributed by atoms with E-state index < -0.39 is 12.0 Å². The molecule has 0 radical (unpaired) electrons. The van der Waals surface area contributed by atoms with Gasteiger partial charge in [-0.05, 0) is 37.3 Å². The second-order valence-electron chi connectivity index (χ2n) is 5.68. The molecule has 1 aromatic carbocycles. The van der Waals surface area contributed by atoms with E-state index in [-0.39, 0.29) is 17.2 Å². The second kappa shape index (κ2) is 5.72. The fourth-order valence-corrected chi connectivity index (χ4v) is 4.53. The molecular formula is C16H19NO3S. The van der Waals surface area contributed by atoms with E-state index in [1.807, 2.05) is 25.1 Å². The standard InChI is InChI=1S/C16H19NO3S/c1-10-17(14(9-21-10)16(19)20)15(18)13-8-4-6-11-5-2-3-7-12(11)13/h2-3,5,7,10,13-14H,4,6,8-9H2,1H3,(H,19,20). The van der Waals surface area contributed by atoms with Gasteiger partial charge >= 0.3 is 5.97 Å². The molecule has 1 heterocycles. The second-order valence-corrected chi connectivity index (χ2v) is 7.02. The van der Waals surface area contributed by atoms with Gasteiger partial charge in [-0.25, -0.2) is 4.79 Å². The monoisotopic (exact) mass is 305 g/mol.